The average Bonchev–Trinajstić information content (AvgIpc) is 2.50. The molecule has 1 fully saturated rings. The minimum Gasteiger partial charge on any atom is -0.380 e. The Hall–Kier alpha value is -0.940. The van der Waals surface area contributed by atoms with E-state index in [1.165, 1.54) is 24.0 Å². The molecule has 1 saturated heterocycles. The van der Waals surface area contributed by atoms with E-state index in [9.17, 15) is 0 Å². The van der Waals surface area contributed by atoms with E-state index in [2.05, 4.69) is 36.2 Å². The average molecular weight is 292 g/mol. The van der Waals surface area contributed by atoms with Gasteiger partial charge in [-0.1, -0.05) is 24.3 Å². The van der Waals surface area contributed by atoms with Gasteiger partial charge in [0.15, 0.2) is 0 Å². The molecule has 2 rings (SSSR count). The summed E-state index contributed by atoms with van der Waals surface area (Å²) in [5.41, 5.74) is 8.47. The summed E-state index contributed by atoms with van der Waals surface area (Å²) in [6.45, 7) is 3.09. The Kier molecular flexibility index (Phi) is 6.64. The molecule has 21 heavy (non-hydrogen) atoms. The number of hydrogen-bond acceptors (Lipinski definition) is 4. The summed E-state index contributed by atoms with van der Waals surface area (Å²) >= 11 is 0. The molecule has 1 aliphatic heterocycles. The van der Waals surface area contributed by atoms with Gasteiger partial charge in [0.05, 0.1) is 12.7 Å². The van der Waals surface area contributed by atoms with Crippen molar-refractivity contribution in [3.05, 3.63) is 35.4 Å². The first-order chi connectivity index (χ1) is 10.2. The summed E-state index contributed by atoms with van der Waals surface area (Å²) in [4.78, 5) is 2.32. The van der Waals surface area contributed by atoms with Gasteiger partial charge in [-0.05, 0) is 37.4 Å². The van der Waals surface area contributed by atoms with Crippen LogP contribution in [0, 0.1) is 0 Å². The van der Waals surface area contributed by atoms with Crippen LogP contribution >= 0.6 is 0 Å². The van der Waals surface area contributed by atoms with Crippen LogP contribution in [0.15, 0.2) is 24.3 Å². The topological polar surface area (TPSA) is 47.7 Å². The molecule has 0 bridgehead atoms. The van der Waals surface area contributed by atoms with E-state index in [0.29, 0.717) is 19.3 Å². The molecule has 4 heteroatoms. The Labute approximate surface area is 128 Å². The van der Waals surface area contributed by atoms with Gasteiger partial charge >= 0.3 is 0 Å². The second kappa shape index (κ2) is 8.49. The molecule has 2 N–H and O–H groups in total. The summed E-state index contributed by atoms with van der Waals surface area (Å²) in [7, 11) is 3.86. The highest BCUT2D eigenvalue weighted by Gasteiger charge is 2.21. The van der Waals surface area contributed by atoms with E-state index in [-0.39, 0.29) is 6.04 Å². The Bertz CT molecular complexity index is 419. The highest BCUT2D eigenvalue weighted by Crippen LogP contribution is 2.22. The quantitative estimate of drug-likeness (QED) is 0.838. The monoisotopic (exact) mass is 292 g/mol. The number of likely N-dealkylation sites (N-methyl/N-ethyl adjacent to an activating group) is 1. The number of methoxy groups -OCH3 is 1. The van der Waals surface area contributed by atoms with Crippen molar-refractivity contribution in [2.75, 3.05) is 33.9 Å². The van der Waals surface area contributed by atoms with E-state index in [1.807, 2.05) is 0 Å². The maximum Gasteiger partial charge on any atom is 0.0713 e. The van der Waals surface area contributed by atoms with Crippen molar-refractivity contribution >= 4 is 0 Å². The Balaban J connectivity index is 2.01. The minimum atomic E-state index is 0.229. The summed E-state index contributed by atoms with van der Waals surface area (Å²) in [5.74, 6) is 0. The Morgan fingerprint density at radius 2 is 2.29 bits per heavy atom. The zero-order valence-corrected chi connectivity index (χ0v) is 13.3. The van der Waals surface area contributed by atoms with Gasteiger partial charge in [-0.2, -0.15) is 0 Å². The molecule has 0 amide bonds. The SMILES string of the molecule is COCc1cccc(C(CN)N(C)CC2CCCCO2)c1. The molecule has 0 spiro atoms. The van der Waals surface area contributed by atoms with E-state index in [4.69, 9.17) is 15.2 Å². The van der Waals surface area contributed by atoms with Crippen LogP contribution in [0.1, 0.15) is 36.4 Å². The van der Waals surface area contributed by atoms with E-state index in [1.54, 1.807) is 7.11 Å². The van der Waals surface area contributed by atoms with Crippen molar-refractivity contribution in [2.24, 2.45) is 5.73 Å². The van der Waals surface area contributed by atoms with Crippen LogP contribution < -0.4 is 5.73 Å². The third kappa shape index (κ3) is 4.78. The first-order valence-electron chi connectivity index (χ1n) is 7.84. The normalized spacial score (nSPS) is 20.7. The molecule has 0 aliphatic carbocycles. The van der Waals surface area contributed by atoms with Crippen LogP contribution in [0.5, 0.6) is 0 Å². The lowest BCUT2D eigenvalue weighted by molar-refractivity contribution is -0.00778. The molecule has 1 aromatic carbocycles. The molecular weight excluding hydrogens is 264 g/mol. The van der Waals surface area contributed by atoms with Crippen LogP contribution in [0.3, 0.4) is 0 Å². The van der Waals surface area contributed by atoms with Gasteiger partial charge in [-0.25, -0.2) is 0 Å². The molecule has 4 nitrogen and oxygen atoms in total. The van der Waals surface area contributed by atoms with Crippen LogP contribution in [0.4, 0.5) is 0 Å². The maximum absolute atomic E-state index is 6.02. The smallest absolute Gasteiger partial charge is 0.0713 e. The number of nitrogens with two attached hydrogens (primary N) is 1. The summed E-state index contributed by atoms with van der Waals surface area (Å²) < 4.78 is 11.1. The van der Waals surface area contributed by atoms with E-state index >= 15 is 0 Å². The fraction of sp³-hybridized carbons (Fsp3) is 0.647. The second-order valence-corrected chi connectivity index (χ2v) is 5.86. The van der Waals surface area contributed by atoms with Crippen molar-refractivity contribution in [2.45, 2.75) is 38.0 Å². The van der Waals surface area contributed by atoms with Crippen molar-refractivity contribution in [1.82, 2.24) is 4.90 Å². The minimum absolute atomic E-state index is 0.229. The first-order valence-corrected chi connectivity index (χ1v) is 7.84. The zero-order chi connectivity index (χ0) is 15.1. The van der Waals surface area contributed by atoms with E-state index in [0.717, 1.165) is 19.6 Å². The molecule has 0 aromatic heterocycles. The van der Waals surface area contributed by atoms with Crippen LogP contribution in [0.25, 0.3) is 0 Å². The third-order valence-corrected chi connectivity index (χ3v) is 4.17. The Morgan fingerprint density at radius 3 is 2.95 bits per heavy atom. The van der Waals surface area contributed by atoms with Gasteiger partial charge in [-0.15, -0.1) is 0 Å². The molecule has 2 unspecified atom stereocenters. The lowest BCUT2D eigenvalue weighted by Crippen LogP contribution is -2.38. The van der Waals surface area contributed by atoms with Gasteiger partial charge in [0.25, 0.3) is 0 Å². The van der Waals surface area contributed by atoms with Crippen molar-refractivity contribution < 1.29 is 9.47 Å². The van der Waals surface area contributed by atoms with Crippen LogP contribution in [-0.2, 0) is 16.1 Å². The molecule has 1 aromatic rings. The lowest BCUT2D eigenvalue weighted by Gasteiger charge is -2.32. The molecule has 0 radical (unpaired) electrons. The predicted molar refractivity (Wildman–Crippen MR) is 85.2 cm³/mol. The third-order valence-electron chi connectivity index (χ3n) is 4.17. The Morgan fingerprint density at radius 1 is 1.43 bits per heavy atom. The van der Waals surface area contributed by atoms with Crippen molar-refractivity contribution in [3.63, 3.8) is 0 Å². The maximum atomic E-state index is 6.02. The van der Waals surface area contributed by atoms with Gasteiger partial charge in [0, 0.05) is 32.8 Å². The van der Waals surface area contributed by atoms with Crippen LogP contribution in [-0.4, -0.2) is 44.9 Å². The summed E-state index contributed by atoms with van der Waals surface area (Å²) in [6, 6.07) is 8.74. The largest absolute Gasteiger partial charge is 0.380 e. The fourth-order valence-corrected chi connectivity index (χ4v) is 3.03. The van der Waals surface area contributed by atoms with Gasteiger partial charge < -0.3 is 15.2 Å². The lowest BCUT2D eigenvalue weighted by atomic mass is 10.0. The molecule has 118 valence electrons. The summed E-state index contributed by atoms with van der Waals surface area (Å²) in [6.07, 6.45) is 3.97. The van der Waals surface area contributed by atoms with Crippen molar-refractivity contribution in [3.8, 4) is 0 Å². The number of benzene rings is 1. The number of hydrogen-bond donors (Lipinski definition) is 1. The molecular formula is C17H28N2O2. The number of ether oxygens (including phenoxy) is 2. The number of nitrogens with zero attached hydrogens (tertiary/aromatic N) is 1. The molecule has 1 heterocycles. The molecule has 0 saturated carbocycles. The predicted octanol–water partition coefficient (Wildman–Crippen LogP) is 2.33. The molecule has 1 aliphatic rings. The fourth-order valence-electron chi connectivity index (χ4n) is 3.03. The standard InChI is InChI=1S/C17H28N2O2/c1-19(12-16-8-3-4-9-21-16)17(11-18)15-7-5-6-14(10-15)13-20-2/h5-7,10,16-17H,3-4,8-9,11-13,18H2,1-2H3. The van der Waals surface area contributed by atoms with Gasteiger partial charge in [-0.3, -0.25) is 4.90 Å². The molecule has 2 atom stereocenters. The highest BCUT2D eigenvalue weighted by molar-refractivity contribution is 5.26. The summed E-state index contributed by atoms with van der Waals surface area (Å²) in [5, 5.41) is 0. The second-order valence-electron chi connectivity index (χ2n) is 5.86. The first kappa shape index (κ1) is 16.4. The zero-order valence-electron chi connectivity index (χ0n) is 13.3. The van der Waals surface area contributed by atoms with Gasteiger partial charge in [0.1, 0.15) is 0 Å². The number of rotatable bonds is 7. The van der Waals surface area contributed by atoms with Crippen LogP contribution in [0.2, 0.25) is 0 Å². The van der Waals surface area contributed by atoms with Gasteiger partial charge in [0.2, 0.25) is 0 Å². The van der Waals surface area contributed by atoms with Crippen molar-refractivity contribution in [1.29, 1.82) is 0 Å². The van der Waals surface area contributed by atoms with E-state index < -0.39 is 0 Å². The highest BCUT2D eigenvalue weighted by atomic mass is 16.5.